The lowest BCUT2D eigenvalue weighted by atomic mass is 10.0. The molecule has 2 bridgehead atoms. The molecule has 128 valence electrons. The van der Waals surface area contributed by atoms with Gasteiger partial charge in [-0.25, -0.2) is 18.8 Å². The molecule has 2 aliphatic heterocycles. The first kappa shape index (κ1) is 17.2. The van der Waals surface area contributed by atoms with Crippen LogP contribution in [0.5, 0.6) is 0 Å². The van der Waals surface area contributed by atoms with Gasteiger partial charge in [-0.1, -0.05) is 13.0 Å². The van der Waals surface area contributed by atoms with Crippen LogP contribution in [0.25, 0.3) is 0 Å². The predicted octanol–water partition coefficient (Wildman–Crippen LogP) is 0.475. The van der Waals surface area contributed by atoms with Crippen LogP contribution in [0.4, 0.5) is 9.18 Å². The molecule has 2 aliphatic rings. The number of halogens is 1. The van der Waals surface area contributed by atoms with E-state index in [4.69, 9.17) is 15.3 Å². The maximum Gasteiger partial charge on any atom is 0.371 e. The first-order chi connectivity index (χ1) is 10.8. The van der Waals surface area contributed by atoms with Gasteiger partial charge in [0.2, 0.25) is 5.91 Å². The number of nitrogens with two attached hydrogens (primary N) is 1. The minimum atomic E-state index is -2.42. The van der Waals surface area contributed by atoms with E-state index in [2.05, 4.69) is 0 Å². The first-order valence-electron chi connectivity index (χ1n) is 7.35. The van der Waals surface area contributed by atoms with Crippen LogP contribution in [-0.2, 0) is 19.2 Å². The van der Waals surface area contributed by atoms with Crippen molar-refractivity contribution in [1.82, 2.24) is 9.96 Å². The Hall–Kier alpha value is -2.16. The Labute approximate surface area is 132 Å². The maximum absolute atomic E-state index is 13.9. The summed E-state index contributed by atoms with van der Waals surface area (Å²) in [5, 5.41) is 0.745. The fourth-order valence-electron chi connectivity index (χ4n) is 2.58. The van der Waals surface area contributed by atoms with E-state index < -0.39 is 42.5 Å². The molecule has 2 heterocycles. The molecule has 0 aliphatic carbocycles. The maximum atomic E-state index is 13.9. The molecule has 2 rings (SSSR count). The van der Waals surface area contributed by atoms with Crippen molar-refractivity contribution in [2.75, 3.05) is 6.54 Å². The summed E-state index contributed by atoms with van der Waals surface area (Å²) in [5.41, 5.74) is 5.86. The van der Waals surface area contributed by atoms with Gasteiger partial charge in [-0.05, 0) is 25.8 Å². The molecule has 2 N–H and O–H groups in total. The van der Waals surface area contributed by atoms with E-state index in [0.717, 1.165) is 5.06 Å². The van der Waals surface area contributed by atoms with Gasteiger partial charge in [0.15, 0.2) is 0 Å². The second-order valence-corrected chi connectivity index (χ2v) is 5.62. The number of carbonyl (C=O) groups is 3. The Morgan fingerprint density at radius 2 is 2.17 bits per heavy atom. The molecule has 0 aromatic heterocycles. The van der Waals surface area contributed by atoms with E-state index >= 15 is 0 Å². The highest BCUT2D eigenvalue weighted by atomic mass is 19.1. The number of fused-ring (bicyclic) bond motifs is 2. The van der Waals surface area contributed by atoms with Gasteiger partial charge in [0.25, 0.3) is 0 Å². The predicted molar refractivity (Wildman–Crippen MR) is 76.3 cm³/mol. The van der Waals surface area contributed by atoms with Crippen LogP contribution >= 0.6 is 0 Å². The van der Waals surface area contributed by atoms with Crippen molar-refractivity contribution in [3.63, 3.8) is 0 Å². The minimum absolute atomic E-state index is 0.136. The van der Waals surface area contributed by atoms with Crippen LogP contribution in [-0.4, -0.2) is 59.0 Å². The number of primary amides is 1. The number of rotatable bonds is 6. The molecule has 8 nitrogen and oxygen atoms in total. The molecular weight excluding hydrogens is 309 g/mol. The van der Waals surface area contributed by atoms with Gasteiger partial charge in [-0.15, -0.1) is 0 Å². The zero-order chi connectivity index (χ0) is 17.3. The van der Waals surface area contributed by atoms with Crippen molar-refractivity contribution in [3.05, 3.63) is 11.6 Å². The molecule has 0 spiro atoms. The SMILES string of the molecule is CC[C@@H](C)OC(=O)C(F)ON1C(=O)N2C[C@H]1C=C(C)[C@H]2C(N)=O. The molecular formula is C14H20FN3O5. The van der Waals surface area contributed by atoms with Gasteiger partial charge in [-0.3, -0.25) is 4.79 Å². The van der Waals surface area contributed by atoms with Crippen LogP contribution in [0.3, 0.4) is 0 Å². The van der Waals surface area contributed by atoms with Crippen molar-refractivity contribution in [1.29, 1.82) is 0 Å². The third-order valence-corrected chi connectivity index (χ3v) is 3.87. The number of urea groups is 1. The highest BCUT2D eigenvalue weighted by molar-refractivity contribution is 5.90. The fraction of sp³-hybridized carbons (Fsp3) is 0.643. The van der Waals surface area contributed by atoms with Crippen LogP contribution in [0.15, 0.2) is 11.6 Å². The molecule has 0 aromatic rings. The van der Waals surface area contributed by atoms with E-state index in [0.29, 0.717) is 12.0 Å². The summed E-state index contributed by atoms with van der Waals surface area (Å²) < 4.78 is 18.7. The van der Waals surface area contributed by atoms with E-state index in [1.807, 2.05) is 0 Å². The molecule has 0 saturated carbocycles. The zero-order valence-corrected chi connectivity index (χ0v) is 13.2. The smallest absolute Gasteiger partial charge is 0.371 e. The van der Waals surface area contributed by atoms with Gasteiger partial charge >= 0.3 is 18.4 Å². The van der Waals surface area contributed by atoms with Crippen molar-refractivity contribution in [2.24, 2.45) is 5.73 Å². The third kappa shape index (κ3) is 3.29. The van der Waals surface area contributed by atoms with E-state index in [9.17, 15) is 18.8 Å². The normalized spacial score (nSPS) is 25.9. The van der Waals surface area contributed by atoms with Crippen molar-refractivity contribution in [2.45, 2.75) is 51.7 Å². The third-order valence-electron chi connectivity index (χ3n) is 3.87. The minimum Gasteiger partial charge on any atom is -0.459 e. The number of esters is 1. The van der Waals surface area contributed by atoms with Gasteiger partial charge in [-0.2, -0.15) is 5.06 Å². The Balaban J connectivity index is 2.07. The first-order valence-corrected chi connectivity index (χ1v) is 7.35. The largest absolute Gasteiger partial charge is 0.459 e. The zero-order valence-electron chi connectivity index (χ0n) is 13.2. The molecule has 0 aromatic carbocycles. The van der Waals surface area contributed by atoms with Gasteiger partial charge in [0.05, 0.1) is 18.7 Å². The lowest BCUT2D eigenvalue weighted by Gasteiger charge is -2.27. The Morgan fingerprint density at radius 1 is 1.52 bits per heavy atom. The Bertz CT molecular complexity index is 553. The van der Waals surface area contributed by atoms with Crippen LogP contribution in [0, 0.1) is 0 Å². The van der Waals surface area contributed by atoms with Crippen LogP contribution in [0.1, 0.15) is 27.2 Å². The number of ether oxygens (including phenoxy) is 1. The average molecular weight is 329 g/mol. The highest BCUT2D eigenvalue weighted by Gasteiger charge is 2.48. The summed E-state index contributed by atoms with van der Waals surface area (Å²) in [5.74, 6) is -1.88. The monoisotopic (exact) mass is 329 g/mol. The van der Waals surface area contributed by atoms with Crippen molar-refractivity contribution in [3.8, 4) is 0 Å². The second-order valence-electron chi connectivity index (χ2n) is 5.62. The number of alkyl halides is 1. The van der Waals surface area contributed by atoms with Crippen molar-refractivity contribution < 1.29 is 28.3 Å². The summed E-state index contributed by atoms with van der Waals surface area (Å²) in [6.45, 7) is 5.18. The summed E-state index contributed by atoms with van der Waals surface area (Å²) in [6, 6.07) is -2.20. The van der Waals surface area contributed by atoms with Gasteiger partial charge < -0.3 is 15.4 Å². The van der Waals surface area contributed by atoms with E-state index in [-0.39, 0.29) is 6.54 Å². The molecule has 4 atom stereocenters. The summed E-state index contributed by atoms with van der Waals surface area (Å²) in [7, 11) is 0. The van der Waals surface area contributed by atoms with E-state index in [1.165, 1.54) is 4.90 Å². The summed E-state index contributed by atoms with van der Waals surface area (Å²) in [4.78, 5) is 41.3. The summed E-state index contributed by atoms with van der Waals surface area (Å²) >= 11 is 0. The topological polar surface area (TPSA) is 102 Å². The number of amides is 3. The number of carbonyl (C=O) groups excluding carboxylic acids is 3. The number of hydroxylamine groups is 2. The fourth-order valence-corrected chi connectivity index (χ4v) is 2.58. The van der Waals surface area contributed by atoms with Crippen LogP contribution < -0.4 is 5.73 Å². The lowest BCUT2D eigenvalue weighted by molar-refractivity contribution is -0.225. The van der Waals surface area contributed by atoms with Gasteiger partial charge in [0.1, 0.15) is 6.04 Å². The molecule has 1 unspecified atom stereocenters. The molecule has 1 saturated heterocycles. The average Bonchev–Trinajstić information content (AvgIpc) is 2.71. The molecule has 0 radical (unpaired) electrons. The van der Waals surface area contributed by atoms with Gasteiger partial charge in [0, 0.05) is 0 Å². The quantitative estimate of drug-likeness (QED) is 0.564. The number of nitrogens with zero attached hydrogens (tertiary/aromatic N) is 2. The highest BCUT2D eigenvalue weighted by Crippen LogP contribution is 2.30. The van der Waals surface area contributed by atoms with E-state index in [1.54, 1.807) is 26.8 Å². The number of hydrogen-bond acceptors (Lipinski definition) is 5. The van der Waals surface area contributed by atoms with Crippen molar-refractivity contribution >= 4 is 17.9 Å². The molecule has 23 heavy (non-hydrogen) atoms. The standard InChI is InChI=1S/C14H20FN3O5/c1-4-8(3)22-13(20)11(15)23-18-9-5-7(2)10(12(16)19)17(6-9)14(18)21/h5,8-11H,4,6H2,1-3H3,(H2,16,19)/t8-,9-,10+,11?/m1/s1. The summed E-state index contributed by atoms with van der Waals surface area (Å²) in [6.07, 6.45) is -0.749. The lowest BCUT2D eigenvalue weighted by Crippen LogP contribution is -2.48. The molecule has 1 fully saturated rings. The molecule has 3 amide bonds. The Kier molecular flexibility index (Phi) is 4.88. The Morgan fingerprint density at radius 3 is 2.74 bits per heavy atom. The second kappa shape index (κ2) is 6.53. The molecule has 9 heteroatoms. The van der Waals surface area contributed by atoms with Crippen LogP contribution in [0.2, 0.25) is 0 Å². The number of hydrogen-bond donors (Lipinski definition) is 1.